The second kappa shape index (κ2) is 4.85. The molecule has 2 nitrogen and oxygen atoms in total. The lowest BCUT2D eigenvalue weighted by atomic mass is 9.94. The fourth-order valence-electron chi connectivity index (χ4n) is 2.90. The van der Waals surface area contributed by atoms with Gasteiger partial charge in [-0.05, 0) is 44.0 Å². The van der Waals surface area contributed by atoms with Gasteiger partial charge in [-0.25, -0.2) is 4.39 Å². The Morgan fingerprint density at radius 3 is 2.71 bits per heavy atom. The van der Waals surface area contributed by atoms with Crippen molar-refractivity contribution in [1.82, 2.24) is 0 Å². The number of benzene rings is 2. The van der Waals surface area contributed by atoms with Gasteiger partial charge in [0.25, 0.3) is 0 Å². The van der Waals surface area contributed by atoms with Crippen molar-refractivity contribution >= 4 is 0 Å². The summed E-state index contributed by atoms with van der Waals surface area (Å²) in [6.07, 6.45) is 0.846. The minimum atomic E-state index is -0.459. The van der Waals surface area contributed by atoms with Gasteiger partial charge in [0.2, 0.25) is 0 Å². The number of hydrogen-bond donors (Lipinski definition) is 1. The summed E-state index contributed by atoms with van der Waals surface area (Å²) in [6, 6.07) is 10.5. The van der Waals surface area contributed by atoms with Gasteiger partial charge in [-0.1, -0.05) is 29.8 Å². The molecule has 3 heteroatoms. The molecule has 3 rings (SSSR count). The first-order valence-corrected chi connectivity index (χ1v) is 7.19. The Hall–Kier alpha value is -1.87. The average molecular weight is 285 g/mol. The molecule has 2 aromatic rings. The summed E-state index contributed by atoms with van der Waals surface area (Å²) < 4.78 is 19.9. The molecule has 1 heterocycles. The Morgan fingerprint density at radius 2 is 1.95 bits per heavy atom. The van der Waals surface area contributed by atoms with E-state index in [4.69, 9.17) is 10.5 Å². The van der Waals surface area contributed by atoms with E-state index in [1.54, 1.807) is 6.07 Å². The van der Waals surface area contributed by atoms with Crippen LogP contribution >= 0.6 is 0 Å². The van der Waals surface area contributed by atoms with Gasteiger partial charge in [-0.15, -0.1) is 0 Å². The van der Waals surface area contributed by atoms with Crippen molar-refractivity contribution in [2.75, 3.05) is 0 Å². The van der Waals surface area contributed by atoms with Gasteiger partial charge in [0.1, 0.15) is 17.2 Å². The molecule has 1 atom stereocenters. The van der Waals surface area contributed by atoms with Crippen molar-refractivity contribution in [3.05, 3.63) is 64.5 Å². The molecule has 0 bridgehead atoms. The monoisotopic (exact) mass is 285 g/mol. The van der Waals surface area contributed by atoms with Gasteiger partial charge in [0.05, 0.1) is 6.04 Å². The molecule has 0 amide bonds. The number of ether oxygens (including phenoxy) is 1. The molecular weight excluding hydrogens is 265 g/mol. The normalized spacial score (nSPS) is 17.2. The molecule has 0 radical (unpaired) electrons. The molecule has 0 spiro atoms. The Bertz CT molecular complexity index is 694. The van der Waals surface area contributed by atoms with Crippen LogP contribution in [0, 0.1) is 12.7 Å². The summed E-state index contributed by atoms with van der Waals surface area (Å²) in [7, 11) is 0. The maximum atomic E-state index is 14.0. The molecule has 1 aliphatic rings. The Balaban J connectivity index is 1.97. The van der Waals surface area contributed by atoms with Crippen molar-refractivity contribution in [2.45, 2.75) is 38.8 Å². The van der Waals surface area contributed by atoms with Crippen LogP contribution < -0.4 is 10.5 Å². The van der Waals surface area contributed by atoms with Gasteiger partial charge < -0.3 is 10.5 Å². The minimum absolute atomic E-state index is 0.181. The lowest BCUT2D eigenvalue weighted by molar-refractivity contribution is 0.138. The van der Waals surface area contributed by atoms with E-state index < -0.39 is 6.04 Å². The molecule has 0 saturated carbocycles. The smallest absolute Gasteiger partial charge is 0.128 e. The summed E-state index contributed by atoms with van der Waals surface area (Å²) >= 11 is 0. The van der Waals surface area contributed by atoms with Crippen molar-refractivity contribution in [3.8, 4) is 5.75 Å². The maximum Gasteiger partial charge on any atom is 0.128 e. The van der Waals surface area contributed by atoms with E-state index in [-0.39, 0.29) is 11.4 Å². The van der Waals surface area contributed by atoms with Crippen LogP contribution in [0.3, 0.4) is 0 Å². The number of fused-ring (bicyclic) bond motifs is 1. The lowest BCUT2D eigenvalue weighted by Crippen LogP contribution is -2.24. The van der Waals surface area contributed by atoms with Crippen molar-refractivity contribution in [1.29, 1.82) is 0 Å². The number of aryl methyl sites for hydroxylation is 1. The number of halogens is 1. The van der Waals surface area contributed by atoms with Crippen LogP contribution in [0.2, 0.25) is 0 Å². The molecule has 0 saturated heterocycles. The van der Waals surface area contributed by atoms with Gasteiger partial charge in [0.15, 0.2) is 0 Å². The number of hydrogen-bond acceptors (Lipinski definition) is 2. The minimum Gasteiger partial charge on any atom is -0.487 e. The van der Waals surface area contributed by atoms with Gasteiger partial charge in [-0.3, -0.25) is 0 Å². The van der Waals surface area contributed by atoms with E-state index in [1.165, 1.54) is 6.07 Å². The van der Waals surface area contributed by atoms with Crippen LogP contribution in [-0.2, 0) is 6.42 Å². The summed E-state index contributed by atoms with van der Waals surface area (Å²) in [6.45, 7) is 6.06. The predicted octanol–water partition coefficient (Wildman–Crippen LogP) is 3.90. The van der Waals surface area contributed by atoms with Gasteiger partial charge >= 0.3 is 0 Å². The summed E-state index contributed by atoms with van der Waals surface area (Å²) in [5.41, 5.74) is 9.68. The highest BCUT2D eigenvalue weighted by Gasteiger charge is 2.30. The zero-order valence-corrected chi connectivity index (χ0v) is 12.6. The largest absolute Gasteiger partial charge is 0.487 e. The topological polar surface area (TPSA) is 35.2 Å². The van der Waals surface area contributed by atoms with E-state index in [9.17, 15) is 4.39 Å². The fourth-order valence-corrected chi connectivity index (χ4v) is 2.90. The highest BCUT2D eigenvalue weighted by molar-refractivity contribution is 5.45. The first-order valence-electron chi connectivity index (χ1n) is 7.19. The summed E-state index contributed by atoms with van der Waals surface area (Å²) in [5.74, 6) is 0.644. The molecule has 0 aliphatic carbocycles. The van der Waals surface area contributed by atoms with Crippen LogP contribution in [-0.4, -0.2) is 5.60 Å². The van der Waals surface area contributed by atoms with Crippen LogP contribution in [0.5, 0.6) is 5.75 Å². The Kier molecular flexibility index (Phi) is 3.25. The van der Waals surface area contributed by atoms with Crippen LogP contribution in [0.1, 0.15) is 42.1 Å². The van der Waals surface area contributed by atoms with Crippen LogP contribution in [0.15, 0.2) is 36.4 Å². The number of nitrogens with two attached hydrogens (primary N) is 1. The molecule has 1 aliphatic heterocycles. The molecule has 2 aromatic carbocycles. The molecule has 21 heavy (non-hydrogen) atoms. The van der Waals surface area contributed by atoms with Crippen LogP contribution in [0.25, 0.3) is 0 Å². The first kappa shape index (κ1) is 14.1. The first-order chi connectivity index (χ1) is 9.85. The third kappa shape index (κ3) is 2.66. The van der Waals surface area contributed by atoms with Crippen molar-refractivity contribution < 1.29 is 9.13 Å². The summed E-state index contributed by atoms with van der Waals surface area (Å²) in [4.78, 5) is 0. The molecule has 110 valence electrons. The van der Waals surface area contributed by atoms with Gasteiger partial charge in [0, 0.05) is 12.0 Å². The predicted molar refractivity (Wildman–Crippen MR) is 82.0 cm³/mol. The van der Waals surface area contributed by atoms with Crippen molar-refractivity contribution in [2.24, 2.45) is 5.73 Å². The number of rotatable bonds is 2. The highest BCUT2D eigenvalue weighted by Crippen LogP contribution is 2.37. The van der Waals surface area contributed by atoms with E-state index in [1.807, 2.05) is 31.2 Å². The van der Waals surface area contributed by atoms with E-state index >= 15 is 0 Å². The molecule has 0 fully saturated rings. The van der Waals surface area contributed by atoms with E-state index in [0.717, 1.165) is 28.9 Å². The second-order valence-corrected chi connectivity index (χ2v) is 6.41. The van der Waals surface area contributed by atoms with Crippen molar-refractivity contribution in [3.63, 3.8) is 0 Å². The maximum absolute atomic E-state index is 14.0. The Morgan fingerprint density at radius 1 is 1.19 bits per heavy atom. The molecule has 2 N–H and O–H groups in total. The molecular formula is C18H20FNO. The van der Waals surface area contributed by atoms with E-state index in [0.29, 0.717) is 5.56 Å². The summed E-state index contributed by atoms with van der Waals surface area (Å²) in [5, 5.41) is 0. The fraction of sp³-hybridized carbons (Fsp3) is 0.333. The SMILES string of the molecule is Cc1ccc(F)c(C(N)c2ccc3c(c2)CC(C)(C)O3)c1. The standard InChI is InChI=1S/C18H20FNO/c1-11-4-6-15(19)14(8-11)17(20)12-5-7-16-13(9-12)10-18(2,3)21-16/h4-9,17H,10,20H2,1-3H3. The zero-order valence-electron chi connectivity index (χ0n) is 12.6. The quantitative estimate of drug-likeness (QED) is 0.908. The zero-order chi connectivity index (χ0) is 15.2. The average Bonchev–Trinajstić information content (AvgIpc) is 2.73. The second-order valence-electron chi connectivity index (χ2n) is 6.41. The highest BCUT2D eigenvalue weighted by atomic mass is 19.1. The molecule has 1 unspecified atom stereocenters. The van der Waals surface area contributed by atoms with Crippen LogP contribution in [0.4, 0.5) is 4.39 Å². The van der Waals surface area contributed by atoms with E-state index in [2.05, 4.69) is 13.8 Å². The third-order valence-electron chi connectivity index (χ3n) is 3.93. The third-order valence-corrected chi connectivity index (χ3v) is 3.93. The lowest BCUT2D eigenvalue weighted by Gasteiger charge is -2.16. The molecule has 0 aromatic heterocycles. The Labute approximate surface area is 124 Å². The van der Waals surface area contributed by atoms with Gasteiger partial charge in [-0.2, -0.15) is 0 Å².